The number of rotatable bonds is 4. The molecule has 0 bridgehead atoms. The van der Waals surface area contributed by atoms with Gasteiger partial charge in [0.25, 0.3) is 11.5 Å². The number of nitrogens with zero attached hydrogens (tertiary/aromatic N) is 2. The highest BCUT2D eigenvalue weighted by Crippen LogP contribution is 2.20. The lowest BCUT2D eigenvalue weighted by Crippen LogP contribution is -2.48. The van der Waals surface area contributed by atoms with E-state index in [-0.39, 0.29) is 24.2 Å². The predicted octanol–water partition coefficient (Wildman–Crippen LogP) is -1.53. The molecule has 0 aromatic carbocycles. The zero-order valence-corrected chi connectivity index (χ0v) is 13.2. The second-order valence-electron chi connectivity index (χ2n) is 5.48. The number of hydrogen-bond donors (Lipinski definition) is 3. The minimum absolute atomic E-state index is 0.148. The van der Waals surface area contributed by atoms with Gasteiger partial charge in [0.05, 0.1) is 0 Å². The Kier molecular flexibility index (Phi) is 4.99. The van der Waals surface area contributed by atoms with Gasteiger partial charge in [-0.05, 0) is 20.3 Å². The van der Waals surface area contributed by atoms with Crippen LogP contribution in [0.4, 0.5) is 0 Å². The monoisotopic (exact) mass is 323 g/mol. The molecule has 1 aromatic rings. The van der Waals surface area contributed by atoms with Crippen LogP contribution in [0, 0.1) is 0 Å². The molecule has 2 heterocycles. The molecule has 0 radical (unpaired) electrons. The normalized spacial score (nSPS) is 20.6. The van der Waals surface area contributed by atoms with E-state index in [4.69, 9.17) is 5.73 Å². The van der Waals surface area contributed by atoms with E-state index in [1.54, 1.807) is 4.90 Å². The lowest BCUT2D eigenvalue weighted by Gasteiger charge is -2.28. The molecule has 2 atom stereocenters. The van der Waals surface area contributed by atoms with Gasteiger partial charge in [-0.25, -0.2) is 4.79 Å². The Hall–Kier alpha value is -2.42. The Morgan fingerprint density at radius 3 is 2.52 bits per heavy atom. The molecule has 2 rings (SSSR count). The van der Waals surface area contributed by atoms with Gasteiger partial charge in [0, 0.05) is 31.7 Å². The summed E-state index contributed by atoms with van der Waals surface area (Å²) in [5.74, 6) is -0.754. The number of nitrogens with two attached hydrogens (primary N) is 1. The van der Waals surface area contributed by atoms with Crippen LogP contribution in [-0.2, 0) is 4.79 Å². The molecule has 0 aliphatic carbocycles. The maximum atomic E-state index is 12.6. The van der Waals surface area contributed by atoms with Crippen molar-refractivity contribution in [1.29, 1.82) is 0 Å². The summed E-state index contributed by atoms with van der Waals surface area (Å²) in [6.45, 7) is 4.98. The van der Waals surface area contributed by atoms with Crippen LogP contribution >= 0.6 is 0 Å². The maximum absolute atomic E-state index is 12.6. The van der Waals surface area contributed by atoms with Crippen molar-refractivity contribution < 1.29 is 9.59 Å². The van der Waals surface area contributed by atoms with Crippen LogP contribution in [0.1, 0.15) is 30.8 Å². The van der Waals surface area contributed by atoms with E-state index < -0.39 is 23.2 Å². The number of hydrogen-bond acceptors (Lipinski definition) is 5. The molecular formula is C14H21N5O4. The fourth-order valence-electron chi connectivity index (χ4n) is 2.81. The molecule has 1 fully saturated rings. The standard InChI is InChI=1S/C14H21N5O4/c1-3-18(4-2)13(22)10-5-8(15)7-19(10)12(21)9-6-11(20)17-14(23)16-9/h6,8,10H,3-5,7,15H2,1-2H3,(H2,16,17,20,23)/t8-,10-/m0/s1. The van der Waals surface area contributed by atoms with Crippen molar-refractivity contribution in [2.75, 3.05) is 19.6 Å². The predicted molar refractivity (Wildman–Crippen MR) is 83.0 cm³/mol. The second-order valence-corrected chi connectivity index (χ2v) is 5.48. The number of amides is 2. The van der Waals surface area contributed by atoms with E-state index in [0.717, 1.165) is 6.07 Å². The van der Waals surface area contributed by atoms with Crippen LogP contribution in [0.25, 0.3) is 0 Å². The summed E-state index contributed by atoms with van der Waals surface area (Å²) in [5, 5.41) is 0. The molecule has 4 N–H and O–H groups in total. The van der Waals surface area contributed by atoms with Gasteiger partial charge in [-0.2, -0.15) is 0 Å². The molecule has 2 amide bonds. The average molecular weight is 323 g/mol. The van der Waals surface area contributed by atoms with Gasteiger partial charge >= 0.3 is 5.69 Å². The van der Waals surface area contributed by atoms with Crippen molar-refractivity contribution in [1.82, 2.24) is 19.8 Å². The first-order chi connectivity index (χ1) is 10.9. The van der Waals surface area contributed by atoms with Gasteiger partial charge in [0.1, 0.15) is 11.7 Å². The summed E-state index contributed by atoms with van der Waals surface area (Å²) >= 11 is 0. The first-order valence-electron chi connectivity index (χ1n) is 7.56. The third kappa shape index (κ3) is 3.50. The van der Waals surface area contributed by atoms with Gasteiger partial charge in [0.2, 0.25) is 5.91 Å². The Morgan fingerprint density at radius 2 is 1.96 bits per heavy atom. The summed E-state index contributed by atoms with van der Waals surface area (Å²) in [7, 11) is 0. The minimum atomic E-state index is -0.768. The number of nitrogens with one attached hydrogen (secondary N) is 2. The number of H-pyrrole nitrogens is 2. The zero-order valence-electron chi connectivity index (χ0n) is 13.2. The third-order valence-corrected chi connectivity index (χ3v) is 3.95. The molecule has 1 aliphatic heterocycles. The number of carbonyl (C=O) groups is 2. The molecular weight excluding hydrogens is 302 g/mol. The summed E-state index contributed by atoms with van der Waals surface area (Å²) in [4.78, 5) is 55.1. The first-order valence-corrected chi connectivity index (χ1v) is 7.56. The van der Waals surface area contributed by atoms with E-state index in [1.807, 2.05) is 18.8 Å². The number of aromatic amines is 2. The molecule has 0 spiro atoms. The second kappa shape index (κ2) is 6.78. The van der Waals surface area contributed by atoms with E-state index in [0.29, 0.717) is 19.5 Å². The van der Waals surface area contributed by atoms with Crippen LogP contribution in [0.3, 0.4) is 0 Å². The van der Waals surface area contributed by atoms with Gasteiger partial charge < -0.3 is 20.5 Å². The molecule has 0 saturated carbocycles. The largest absolute Gasteiger partial charge is 0.341 e. The average Bonchev–Trinajstić information content (AvgIpc) is 2.88. The smallest absolute Gasteiger partial charge is 0.326 e. The Balaban J connectivity index is 2.31. The molecule has 0 unspecified atom stereocenters. The van der Waals surface area contributed by atoms with Gasteiger partial charge in [-0.3, -0.25) is 19.4 Å². The fourth-order valence-corrected chi connectivity index (χ4v) is 2.81. The summed E-state index contributed by atoms with van der Waals surface area (Å²) < 4.78 is 0. The van der Waals surface area contributed by atoms with Gasteiger partial charge in [-0.15, -0.1) is 0 Å². The molecule has 1 aromatic heterocycles. The van der Waals surface area contributed by atoms with Gasteiger partial charge in [-0.1, -0.05) is 0 Å². The lowest BCUT2D eigenvalue weighted by molar-refractivity contribution is -0.134. The quantitative estimate of drug-likeness (QED) is 0.618. The first kappa shape index (κ1) is 16.9. The third-order valence-electron chi connectivity index (χ3n) is 3.95. The van der Waals surface area contributed by atoms with Gasteiger partial charge in [0.15, 0.2) is 0 Å². The van der Waals surface area contributed by atoms with Crippen LogP contribution < -0.4 is 17.0 Å². The fraction of sp³-hybridized carbons (Fsp3) is 0.571. The molecule has 126 valence electrons. The number of carbonyl (C=O) groups excluding carboxylic acids is 2. The molecule has 1 aliphatic rings. The van der Waals surface area contributed by atoms with Crippen molar-refractivity contribution >= 4 is 11.8 Å². The summed E-state index contributed by atoms with van der Waals surface area (Å²) in [5.41, 5.74) is 4.32. The van der Waals surface area contributed by atoms with Crippen LogP contribution in [0.5, 0.6) is 0 Å². The minimum Gasteiger partial charge on any atom is -0.341 e. The SMILES string of the molecule is CCN(CC)C(=O)[C@@H]1C[C@H](N)CN1C(=O)c1cc(=O)[nH]c(=O)[nH]1. The Labute approximate surface area is 132 Å². The van der Waals surface area contributed by atoms with Crippen molar-refractivity contribution in [3.63, 3.8) is 0 Å². The van der Waals surface area contributed by atoms with Crippen molar-refractivity contribution in [3.8, 4) is 0 Å². The number of aromatic nitrogens is 2. The number of likely N-dealkylation sites (tertiary alicyclic amines) is 1. The summed E-state index contributed by atoms with van der Waals surface area (Å²) in [6, 6.07) is 0.00404. The number of likely N-dealkylation sites (N-methyl/N-ethyl adjacent to an activating group) is 1. The Bertz CT molecular complexity index is 677. The van der Waals surface area contributed by atoms with E-state index in [1.165, 1.54) is 4.90 Å². The van der Waals surface area contributed by atoms with Crippen LogP contribution in [-0.4, -0.2) is 63.3 Å². The lowest BCUT2D eigenvalue weighted by atomic mass is 10.1. The van der Waals surface area contributed by atoms with E-state index in [9.17, 15) is 19.2 Å². The topological polar surface area (TPSA) is 132 Å². The highest BCUT2D eigenvalue weighted by atomic mass is 16.2. The zero-order chi connectivity index (χ0) is 17.1. The van der Waals surface area contributed by atoms with E-state index >= 15 is 0 Å². The summed E-state index contributed by atoms with van der Waals surface area (Å²) in [6.07, 6.45) is 0.356. The molecule has 9 nitrogen and oxygen atoms in total. The van der Waals surface area contributed by atoms with Crippen LogP contribution in [0.2, 0.25) is 0 Å². The molecule has 1 saturated heterocycles. The molecule has 9 heteroatoms. The van der Waals surface area contributed by atoms with Crippen molar-refractivity contribution in [2.24, 2.45) is 5.73 Å². The maximum Gasteiger partial charge on any atom is 0.326 e. The highest BCUT2D eigenvalue weighted by Gasteiger charge is 2.40. The van der Waals surface area contributed by atoms with Crippen LogP contribution in [0.15, 0.2) is 15.7 Å². The van der Waals surface area contributed by atoms with E-state index in [2.05, 4.69) is 4.98 Å². The van der Waals surface area contributed by atoms with Crippen molar-refractivity contribution in [2.45, 2.75) is 32.4 Å². The van der Waals surface area contributed by atoms with Crippen molar-refractivity contribution in [3.05, 3.63) is 32.6 Å². The highest BCUT2D eigenvalue weighted by molar-refractivity contribution is 5.96. The Morgan fingerprint density at radius 1 is 1.30 bits per heavy atom. The molecule has 23 heavy (non-hydrogen) atoms.